The van der Waals surface area contributed by atoms with Crippen LogP contribution in [0.4, 0.5) is 5.69 Å². The van der Waals surface area contributed by atoms with Crippen LogP contribution in [0.25, 0.3) is 0 Å². The first-order valence-corrected chi connectivity index (χ1v) is 4.72. The molecule has 0 radical (unpaired) electrons. The van der Waals surface area contributed by atoms with Crippen molar-refractivity contribution >= 4 is 17.4 Å². The second-order valence-electron chi connectivity index (χ2n) is 3.63. The lowest BCUT2D eigenvalue weighted by molar-refractivity contribution is -0.139. The van der Waals surface area contributed by atoms with Crippen LogP contribution in [0, 0.1) is 12.8 Å². The van der Waals surface area contributed by atoms with Gasteiger partial charge in [-0.3, -0.25) is 9.59 Å². The van der Waals surface area contributed by atoms with Crippen LogP contribution in [0.5, 0.6) is 0 Å². The van der Waals surface area contributed by atoms with Gasteiger partial charge < -0.3 is 10.4 Å². The summed E-state index contributed by atoms with van der Waals surface area (Å²) in [7, 11) is 0. The van der Waals surface area contributed by atoms with Crippen molar-refractivity contribution < 1.29 is 14.7 Å². The number of rotatable bonds is 1. The van der Waals surface area contributed by atoms with Gasteiger partial charge in [-0.15, -0.1) is 0 Å². The van der Waals surface area contributed by atoms with Gasteiger partial charge in [-0.05, 0) is 18.6 Å². The van der Waals surface area contributed by atoms with Gasteiger partial charge in [0, 0.05) is 17.8 Å². The van der Waals surface area contributed by atoms with Crippen LogP contribution >= 0.6 is 0 Å². The third-order valence-corrected chi connectivity index (χ3v) is 2.64. The predicted molar refractivity (Wildman–Crippen MR) is 55.1 cm³/mol. The number of anilines is 1. The predicted octanol–water partition coefficient (Wildman–Crippen LogP) is 1.30. The minimum Gasteiger partial charge on any atom is -0.481 e. The number of fused-ring (bicyclic) bond motifs is 1. The summed E-state index contributed by atoms with van der Waals surface area (Å²) < 4.78 is 0. The molecule has 2 N–H and O–H groups in total. The Hall–Kier alpha value is -1.84. The Bertz CT molecular complexity index is 439. The number of hydrogen-bond acceptors (Lipinski definition) is 3. The average Bonchev–Trinajstić information content (AvgIpc) is 2.19. The quantitative estimate of drug-likeness (QED) is 0.678. The van der Waals surface area contributed by atoms with Gasteiger partial charge in [-0.2, -0.15) is 0 Å². The highest BCUT2D eigenvalue weighted by molar-refractivity contribution is 6.13. The van der Waals surface area contributed by atoms with Crippen molar-refractivity contribution in [1.82, 2.24) is 0 Å². The van der Waals surface area contributed by atoms with Crippen LogP contribution in [0.3, 0.4) is 0 Å². The minimum absolute atomic E-state index is 0.173. The molecule has 1 unspecified atom stereocenters. The maximum atomic E-state index is 11.8. The lowest BCUT2D eigenvalue weighted by Gasteiger charge is -2.23. The maximum Gasteiger partial charge on any atom is 0.316 e. The molecule has 0 amide bonds. The largest absolute Gasteiger partial charge is 0.481 e. The number of para-hydroxylation sites is 1. The number of carbonyl (C=O) groups is 2. The molecule has 0 aliphatic carbocycles. The molecule has 1 aromatic carbocycles. The van der Waals surface area contributed by atoms with E-state index in [0.29, 0.717) is 5.56 Å². The van der Waals surface area contributed by atoms with E-state index in [1.165, 1.54) is 0 Å². The third kappa shape index (κ3) is 1.48. The van der Waals surface area contributed by atoms with E-state index in [1.807, 2.05) is 13.0 Å². The van der Waals surface area contributed by atoms with Crippen LogP contribution in [0.1, 0.15) is 15.9 Å². The van der Waals surface area contributed by atoms with Gasteiger partial charge in [-0.25, -0.2) is 0 Å². The first-order valence-electron chi connectivity index (χ1n) is 4.72. The van der Waals surface area contributed by atoms with Gasteiger partial charge in [0.25, 0.3) is 0 Å². The van der Waals surface area contributed by atoms with Crippen molar-refractivity contribution in [2.75, 3.05) is 11.9 Å². The van der Waals surface area contributed by atoms with Crippen molar-refractivity contribution in [1.29, 1.82) is 0 Å². The SMILES string of the molecule is Cc1cccc2c1NCC(C(=O)O)C2=O. The maximum absolute atomic E-state index is 11.8. The molecular weight excluding hydrogens is 194 g/mol. The number of nitrogens with one attached hydrogen (secondary N) is 1. The van der Waals surface area contributed by atoms with Gasteiger partial charge in [-0.1, -0.05) is 12.1 Å². The molecule has 15 heavy (non-hydrogen) atoms. The second kappa shape index (κ2) is 3.38. The molecule has 78 valence electrons. The van der Waals surface area contributed by atoms with Gasteiger partial charge >= 0.3 is 5.97 Å². The molecule has 4 heteroatoms. The van der Waals surface area contributed by atoms with E-state index in [4.69, 9.17) is 5.11 Å². The number of aliphatic carboxylic acids is 1. The summed E-state index contributed by atoms with van der Waals surface area (Å²) in [5.41, 5.74) is 2.21. The number of carboxylic acid groups (broad SMARTS) is 1. The first-order chi connectivity index (χ1) is 7.11. The Balaban J connectivity index is 2.47. The molecule has 1 aliphatic heterocycles. The van der Waals surface area contributed by atoms with Gasteiger partial charge in [0.2, 0.25) is 0 Å². The summed E-state index contributed by atoms with van der Waals surface area (Å²) in [5.74, 6) is -2.33. The molecule has 0 aromatic heterocycles. The summed E-state index contributed by atoms with van der Waals surface area (Å²) >= 11 is 0. The topological polar surface area (TPSA) is 66.4 Å². The Morgan fingerprint density at radius 2 is 2.27 bits per heavy atom. The normalized spacial score (nSPS) is 19.3. The van der Waals surface area contributed by atoms with E-state index in [1.54, 1.807) is 12.1 Å². The van der Waals surface area contributed by atoms with Crippen LogP contribution < -0.4 is 5.32 Å². The second-order valence-corrected chi connectivity index (χ2v) is 3.63. The number of carbonyl (C=O) groups excluding carboxylic acids is 1. The molecule has 1 aliphatic rings. The standard InChI is InChI=1S/C11H11NO3/c1-6-3-2-4-7-9(6)12-5-8(10(7)13)11(14)15/h2-4,8,12H,5H2,1H3,(H,14,15). The van der Waals surface area contributed by atoms with Crippen LogP contribution in [-0.4, -0.2) is 23.4 Å². The summed E-state index contributed by atoms with van der Waals surface area (Å²) in [6, 6.07) is 5.31. The monoisotopic (exact) mass is 205 g/mol. The Morgan fingerprint density at radius 3 is 2.93 bits per heavy atom. The molecule has 0 saturated heterocycles. The molecular formula is C11H11NO3. The fourth-order valence-electron chi connectivity index (χ4n) is 1.79. The van der Waals surface area contributed by atoms with Gasteiger partial charge in [0.1, 0.15) is 5.92 Å². The number of Topliss-reactive ketones (excluding diaryl/α,β-unsaturated/α-hetero) is 1. The van der Waals surface area contributed by atoms with Crippen LogP contribution in [0.2, 0.25) is 0 Å². The minimum atomic E-state index is -1.07. The van der Waals surface area contributed by atoms with Gasteiger partial charge in [0.15, 0.2) is 5.78 Å². The summed E-state index contributed by atoms with van der Waals surface area (Å²) in [6.07, 6.45) is 0. The molecule has 0 bridgehead atoms. The molecule has 0 spiro atoms. The fourth-order valence-corrected chi connectivity index (χ4v) is 1.79. The molecule has 4 nitrogen and oxygen atoms in total. The molecule has 1 aromatic rings. The van der Waals surface area contributed by atoms with Crippen molar-refractivity contribution in [2.45, 2.75) is 6.92 Å². The summed E-state index contributed by atoms with van der Waals surface area (Å²) in [6.45, 7) is 2.06. The van der Waals surface area contributed by atoms with Crippen molar-refractivity contribution in [3.63, 3.8) is 0 Å². The Kier molecular flexibility index (Phi) is 2.19. The van der Waals surface area contributed by atoms with E-state index in [9.17, 15) is 9.59 Å². The zero-order valence-corrected chi connectivity index (χ0v) is 8.28. The van der Waals surface area contributed by atoms with E-state index in [0.717, 1.165) is 11.3 Å². The highest BCUT2D eigenvalue weighted by atomic mass is 16.4. The fraction of sp³-hybridized carbons (Fsp3) is 0.273. The average molecular weight is 205 g/mol. The highest BCUT2D eigenvalue weighted by Crippen LogP contribution is 2.27. The van der Waals surface area contributed by atoms with Crippen molar-refractivity contribution in [3.8, 4) is 0 Å². The van der Waals surface area contributed by atoms with Crippen molar-refractivity contribution in [2.24, 2.45) is 5.92 Å². The zero-order valence-electron chi connectivity index (χ0n) is 8.28. The van der Waals surface area contributed by atoms with E-state index in [-0.39, 0.29) is 12.3 Å². The first kappa shape index (κ1) is 9.71. The zero-order chi connectivity index (χ0) is 11.0. The lowest BCUT2D eigenvalue weighted by Crippen LogP contribution is -2.35. The number of ketones is 1. The highest BCUT2D eigenvalue weighted by Gasteiger charge is 2.32. The molecule has 0 fully saturated rings. The number of carboxylic acids is 1. The summed E-state index contributed by atoms with van der Waals surface area (Å²) in [4.78, 5) is 22.6. The molecule has 1 heterocycles. The van der Waals surface area contributed by atoms with E-state index in [2.05, 4.69) is 5.32 Å². The number of benzene rings is 1. The molecule has 0 saturated carbocycles. The molecule has 1 atom stereocenters. The van der Waals surface area contributed by atoms with E-state index < -0.39 is 11.9 Å². The third-order valence-electron chi connectivity index (χ3n) is 2.64. The van der Waals surface area contributed by atoms with Gasteiger partial charge in [0.05, 0.1) is 0 Å². The van der Waals surface area contributed by atoms with Crippen LogP contribution in [0.15, 0.2) is 18.2 Å². The Labute approximate surface area is 86.9 Å². The number of aryl methyl sites for hydroxylation is 1. The summed E-state index contributed by atoms with van der Waals surface area (Å²) in [5, 5.41) is 11.8. The Morgan fingerprint density at radius 1 is 1.53 bits per heavy atom. The molecule has 2 rings (SSSR count). The van der Waals surface area contributed by atoms with E-state index >= 15 is 0 Å². The van der Waals surface area contributed by atoms with Crippen LogP contribution in [-0.2, 0) is 4.79 Å². The number of hydrogen-bond donors (Lipinski definition) is 2. The lowest BCUT2D eigenvalue weighted by atomic mass is 9.91. The smallest absolute Gasteiger partial charge is 0.316 e. The van der Waals surface area contributed by atoms with Crippen molar-refractivity contribution in [3.05, 3.63) is 29.3 Å².